The highest BCUT2D eigenvalue weighted by molar-refractivity contribution is 6.01. The van der Waals surface area contributed by atoms with Gasteiger partial charge in [0.2, 0.25) is 0 Å². The fraction of sp³-hybridized carbons (Fsp3) is 0.118. The van der Waals surface area contributed by atoms with Gasteiger partial charge in [0.1, 0.15) is 5.82 Å². The third kappa shape index (κ3) is 1.53. The van der Waals surface area contributed by atoms with E-state index in [0.29, 0.717) is 12.4 Å². The smallest absolute Gasteiger partial charge is 0.124 e. The minimum absolute atomic E-state index is 0.542. The van der Waals surface area contributed by atoms with Crippen molar-refractivity contribution >= 4 is 16.6 Å². The average molecular weight is 261 g/mol. The van der Waals surface area contributed by atoms with Gasteiger partial charge in [-0.15, -0.1) is 0 Å². The van der Waals surface area contributed by atoms with Gasteiger partial charge in [-0.05, 0) is 40.6 Å². The normalized spacial score (nSPS) is 12.4. The van der Waals surface area contributed by atoms with Crippen LogP contribution in [-0.4, -0.2) is 4.98 Å². The van der Waals surface area contributed by atoms with Crippen molar-refractivity contribution in [3.63, 3.8) is 0 Å². The Balaban J connectivity index is 2.13. The van der Waals surface area contributed by atoms with Gasteiger partial charge in [0.25, 0.3) is 0 Å². The van der Waals surface area contributed by atoms with Gasteiger partial charge in [0.15, 0.2) is 0 Å². The van der Waals surface area contributed by atoms with Gasteiger partial charge in [-0.2, -0.15) is 0 Å². The summed E-state index contributed by atoms with van der Waals surface area (Å²) in [6, 6.07) is 14.7. The third-order valence-corrected chi connectivity index (χ3v) is 4.01. The Morgan fingerprint density at radius 3 is 2.80 bits per heavy atom. The SMILES string of the molecule is NCc1ccc2c(c1)-c1nc(N)cc3cccc(c13)C2. The van der Waals surface area contributed by atoms with Crippen LogP contribution >= 0.6 is 0 Å². The van der Waals surface area contributed by atoms with Crippen molar-refractivity contribution in [3.05, 3.63) is 59.2 Å². The molecule has 0 saturated heterocycles. The Hall–Kier alpha value is -2.39. The molecule has 4 N–H and O–H groups in total. The second-order valence-electron chi connectivity index (χ2n) is 5.28. The Morgan fingerprint density at radius 2 is 1.95 bits per heavy atom. The van der Waals surface area contributed by atoms with Crippen LogP contribution in [0.25, 0.3) is 22.0 Å². The largest absolute Gasteiger partial charge is 0.384 e. The van der Waals surface area contributed by atoms with Gasteiger partial charge >= 0.3 is 0 Å². The summed E-state index contributed by atoms with van der Waals surface area (Å²) in [4.78, 5) is 4.59. The number of nitrogens with zero attached hydrogens (tertiary/aromatic N) is 1. The molecule has 1 aliphatic carbocycles. The summed E-state index contributed by atoms with van der Waals surface area (Å²) in [5.74, 6) is 0.565. The number of benzene rings is 2. The molecule has 0 amide bonds. The fourth-order valence-corrected chi connectivity index (χ4v) is 3.08. The molecule has 98 valence electrons. The zero-order valence-electron chi connectivity index (χ0n) is 11.1. The molecule has 3 aromatic rings. The summed E-state index contributed by atoms with van der Waals surface area (Å²) >= 11 is 0. The van der Waals surface area contributed by atoms with Crippen LogP contribution in [0.2, 0.25) is 0 Å². The molecule has 2 aromatic carbocycles. The first-order valence-corrected chi connectivity index (χ1v) is 6.76. The molecule has 20 heavy (non-hydrogen) atoms. The summed E-state index contributed by atoms with van der Waals surface area (Å²) < 4.78 is 0. The van der Waals surface area contributed by atoms with E-state index in [1.54, 1.807) is 0 Å². The number of hydrogen-bond donors (Lipinski definition) is 2. The molecule has 1 aromatic heterocycles. The number of aromatic nitrogens is 1. The van der Waals surface area contributed by atoms with Crippen molar-refractivity contribution in [2.45, 2.75) is 13.0 Å². The fourth-order valence-electron chi connectivity index (χ4n) is 3.08. The van der Waals surface area contributed by atoms with E-state index in [4.69, 9.17) is 11.5 Å². The number of nitrogen functional groups attached to an aromatic ring is 1. The second-order valence-corrected chi connectivity index (χ2v) is 5.28. The Kier molecular flexibility index (Phi) is 2.32. The first-order chi connectivity index (χ1) is 9.76. The molecular weight excluding hydrogens is 246 g/mol. The first-order valence-electron chi connectivity index (χ1n) is 6.76. The number of fused-ring (bicyclic) bond motifs is 2. The molecule has 0 bridgehead atoms. The molecule has 0 fully saturated rings. The number of anilines is 1. The van der Waals surface area contributed by atoms with Crippen molar-refractivity contribution in [1.82, 2.24) is 4.98 Å². The van der Waals surface area contributed by atoms with Crippen LogP contribution in [0.15, 0.2) is 42.5 Å². The van der Waals surface area contributed by atoms with Gasteiger partial charge in [-0.25, -0.2) is 4.98 Å². The van der Waals surface area contributed by atoms with Crippen molar-refractivity contribution in [3.8, 4) is 11.3 Å². The van der Waals surface area contributed by atoms with Crippen molar-refractivity contribution in [2.24, 2.45) is 5.73 Å². The molecule has 0 radical (unpaired) electrons. The number of nitrogens with two attached hydrogens (primary N) is 2. The van der Waals surface area contributed by atoms with Gasteiger partial charge in [-0.3, -0.25) is 0 Å². The lowest BCUT2D eigenvalue weighted by molar-refractivity contribution is 1.06. The molecule has 1 heterocycles. The van der Waals surface area contributed by atoms with E-state index in [-0.39, 0.29) is 0 Å². The van der Waals surface area contributed by atoms with Crippen molar-refractivity contribution in [1.29, 1.82) is 0 Å². The Morgan fingerprint density at radius 1 is 1.05 bits per heavy atom. The molecule has 1 aliphatic rings. The van der Waals surface area contributed by atoms with Crippen LogP contribution in [0.5, 0.6) is 0 Å². The predicted molar refractivity (Wildman–Crippen MR) is 82.3 cm³/mol. The van der Waals surface area contributed by atoms with Crippen molar-refractivity contribution < 1.29 is 0 Å². The molecule has 0 saturated carbocycles. The number of rotatable bonds is 1. The van der Waals surface area contributed by atoms with Gasteiger partial charge in [0.05, 0.1) is 5.69 Å². The monoisotopic (exact) mass is 261 g/mol. The van der Waals surface area contributed by atoms with Crippen LogP contribution in [0.1, 0.15) is 16.7 Å². The Labute approximate surface area is 117 Å². The van der Waals surface area contributed by atoms with E-state index in [1.165, 1.54) is 22.1 Å². The maximum atomic E-state index is 5.97. The summed E-state index contributed by atoms with van der Waals surface area (Å²) in [7, 11) is 0. The van der Waals surface area contributed by atoms with E-state index in [1.807, 2.05) is 6.07 Å². The topological polar surface area (TPSA) is 64.9 Å². The Bertz CT molecular complexity index is 837. The van der Waals surface area contributed by atoms with E-state index in [0.717, 1.165) is 23.1 Å². The highest BCUT2D eigenvalue weighted by atomic mass is 14.8. The highest BCUT2D eigenvalue weighted by Gasteiger charge is 2.20. The predicted octanol–water partition coefficient (Wildman–Crippen LogP) is 2.85. The molecular formula is C17H15N3. The standard InChI is InChI=1S/C17H15N3/c18-9-10-4-5-11-7-12-2-1-3-13-8-15(19)20-17(16(12)13)14(11)6-10/h1-6,8H,7,9,18H2,(H2,19,20). The minimum Gasteiger partial charge on any atom is -0.384 e. The van der Waals surface area contributed by atoms with E-state index >= 15 is 0 Å². The zero-order chi connectivity index (χ0) is 13.7. The van der Waals surface area contributed by atoms with Crippen LogP contribution in [0.4, 0.5) is 5.82 Å². The van der Waals surface area contributed by atoms with E-state index in [9.17, 15) is 0 Å². The number of hydrogen-bond acceptors (Lipinski definition) is 3. The zero-order valence-corrected chi connectivity index (χ0v) is 11.1. The molecule has 0 unspecified atom stereocenters. The minimum atomic E-state index is 0.542. The molecule has 0 spiro atoms. The summed E-state index contributed by atoms with van der Waals surface area (Å²) in [5.41, 5.74) is 17.6. The third-order valence-electron chi connectivity index (χ3n) is 4.01. The van der Waals surface area contributed by atoms with Crippen LogP contribution in [0.3, 0.4) is 0 Å². The maximum Gasteiger partial charge on any atom is 0.124 e. The maximum absolute atomic E-state index is 5.97. The summed E-state index contributed by atoms with van der Waals surface area (Å²) in [6.45, 7) is 0.542. The van der Waals surface area contributed by atoms with E-state index in [2.05, 4.69) is 41.4 Å². The van der Waals surface area contributed by atoms with Crippen LogP contribution < -0.4 is 11.5 Å². The lowest BCUT2D eigenvalue weighted by atomic mass is 9.86. The molecule has 3 heteroatoms. The van der Waals surface area contributed by atoms with Gasteiger partial charge < -0.3 is 11.5 Å². The van der Waals surface area contributed by atoms with Crippen LogP contribution in [0, 0.1) is 0 Å². The van der Waals surface area contributed by atoms with Crippen LogP contribution in [-0.2, 0) is 13.0 Å². The number of pyridine rings is 1. The average Bonchev–Trinajstić information content (AvgIpc) is 2.47. The lowest BCUT2D eigenvalue weighted by Crippen LogP contribution is -2.06. The first kappa shape index (κ1) is 11.4. The van der Waals surface area contributed by atoms with Gasteiger partial charge in [0, 0.05) is 17.5 Å². The van der Waals surface area contributed by atoms with Crippen molar-refractivity contribution in [2.75, 3.05) is 5.73 Å². The molecule has 0 atom stereocenters. The molecule has 4 rings (SSSR count). The second kappa shape index (κ2) is 4.05. The summed E-state index contributed by atoms with van der Waals surface area (Å²) in [6.07, 6.45) is 0.941. The molecule has 3 nitrogen and oxygen atoms in total. The summed E-state index contributed by atoms with van der Waals surface area (Å²) in [5, 5.41) is 2.39. The van der Waals surface area contributed by atoms with E-state index < -0.39 is 0 Å². The van der Waals surface area contributed by atoms with Gasteiger partial charge in [-0.1, -0.05) is 30.3 Å². The molecule has 0 aliphatic heterocycles. The quantitative estimate of drug-likeness (QED) is 0.553. The lowest BCUT2D eigenvalue weighted by Gasteiger charge is -2.21. The highest BCUT2D eigenvalue weighted by Crippen LogP contribution is 2.39.